The highest BCUT2D eigenvalue weighted by molar-refractivity contribution is 6.76. The lowest BCUT2D eigenvalue weighted by molar-refractivity contribution is -0.114. The van der Waals surface area contributed by atoms with Gasteiger partial charge in [-0.1, -0.05) is 31.2 Å². The van der Waals surface area contributed by atoms with Crippen molar-refractivity contribution in [1.82, 2.24) is 29.3 Å². The smallest absolute Gasteiger partial charge is 0.248 e. The van der Waals surface area contributed by atoms with E-state index >= 15 is 0 Å². The number of rotatable bonds is 10. The van der Waals surface area contributed by atoms with Gasteiger partial charge in [0.05, 0.1) is 34.6 Å². The predicted molar refractivity (Wildman–Crippen MR) is 162 cm³/mol. The maximum atomic E-state index is 13.2. The maximum absolute atomic E-state index is 13.2. The minimum atomic E-state index is -2.55. The Bertz CT molecular complexity index is 1760. The van der Waals surface area contributed by atoms with Crippen molar-refractivity contribution in [3.63, 3.8) is 0 Å². The molecule has 6 rings (SSSR count). The molecule has 0 aliphatic heterocycles. The SMILES string of the molecule is Cc1nc2ccc(Oc3ccc4ncc(-c5cnn(CC6CC(F)(F)C6)c5)nc4c3Cl)cc2n1COCC[Si](C)(C)C. The summed E-state index contributed by atoms with van der Waals surface area (Å²) < 4.78 is 42.4. The topological polar surface area (TPSA) is 79.9 Å². The number of benzene rings is 2. The maximum Gasteiger partial charge on any atom is 0.248 e. The normalized spacial score (nSPS) is 15.4. The van der Waals surface area contributed by atoms with E-state index in [-0.39, 0.29) is 18.8 Å². The Labute approximate surface area is 248 Å². The summed E-state index contributed by atoms with van der Waals surface area (Å²) in [5, 5.41) is 4.68. The van der Waals surface area contributed by atoms with E-state index in [1.807, 2.05) is 35.8 Å². The van der Waals surface area contributed by atoms with Gasteiger partial charge in [0.25, 0.3) is 0 Å². The molecule has 0 saturated heterocycles. The van der Waals surface area contributed by atoms with Crippen LogP contribution in [0, 0.1) is 12.8 Å². The summed E-state index contributed by atoms with van der Waals surface area (Å²) in [6.07, 6.45) is 4.92. The molecule has 1 aliphatic rings. The number of imidazole rings is 1. The molecule has 0 unspecified atom stereocenters. The molecule has 1 aliphatic carbocycles. The fourth-order valence-corrected chi connectivity index (χ4v) is 6.13. The zero-order chi connectivity index (χ0) is 29.6. The van der Waals surface area contributed by atoms with Crippen molar-refractivity contribution in [3.8, 4) is 22.8 Å². The highest BCUT2D eigenvalue weighted by atomic mass is 35.5. The third kappa shape index (κ3) is 6.18. The summed E-state index contributed by atoms with van der Waals surface area (Å²) in [7, 11) is -1.17. The van der Waals surface area contributed by atoms with Crippen LogP contribution in [0.1, 0.15) is 18.7 Å². The zero-order valence-electron chi connectivity index (χ0n) is 24.1. The highest BCUT2D eigenvalue weighted by Crippen LogP contribution is 2.43. The lowest BCUT2D eigenvalue weighted by Crippen LogP contribution is -2.37. The molecule has 1 fully saturated rings. The first-order valence-electron chi connectivity index (χ1n) is 14.0. The van der Waals surface area contributed by atoms with Gasteiger partial charge < -0.3 is 14.0 Å². The first kappa shape index (κ1) is 28.7. The van der Waals surface area contributed by atoms with Crippen LogP contribution in [-0.4, -0.2) is 49.9 Å². The van der Waals surface area contributed by atoms with E-state index in [0.717, 1.165) is 35.1 Å². The number of ether oxygens (including phenoxy) is 2. The summed E-state index contributed by atoms with van der Waals surface area (Å²) in [5.41, 5.74) is 4.22. The van der Waals surface area contributed by atoms with Crippen molar-refractivity contribution in [2.75, 3.05) is 6.61 Å². The Morgan fingerprint density at radius 3 is 2.62 bits per heavy atom. The van der Waals surface area contributed by atoms with E-state index in [1.54, 1.807) is 29.3 Å². The quantitative estimate of drug-likeness (QED) is 0.118. The van der Waals surface area contributed by atoms with E-state index in [9.17, 15) is 8.78 Å². The fourth-order valence-electron chi connectivity index (χ4n) is 5.13. The van der Waals surface area contributed by atoms with E-state index < -0.39 is 14.0 Å². The molecular weight excluding hydrogens is 578 g/mol. The van der Waals surface area contributed by atoms with Crippen LogP contribution in [0.4, 0.5) is 8.78 Å². The molecule has 0 N–H and O–H groups in total. The van der Waals surface area contributed by atoms with Crippen molar-refractivity contribution in [2.24, 2.45) is 5.92 Å². The number of fused-ring (bicyclic) bond motifs is 2. The predicted octanol–water partition coefficient (Wildman–Crippen LogP) is 7.95. The minimum Gasteiger partial charge on any atom is -0.456 e. The van der Waals surface area contributed by atoms with Crippen molar-refractivity contribution in [3.05, 3.63) is 59.8 Å². The summed E-state index contributed by atoms with van der Waals surface area (Å²) in [4.78, 5) is 13.9. The molecule has 42 heavy (non-hydrogen) atoms. The van der Waals surface area contributed by atoms with Gasteiger partial charge in [-0.15, -0.1) is 0 Å². The molecule has 0 spiro atoms. The summed E-state index contributed by atoms with van der Waals surface area (Å²) >= 11 is 6.80. The second kappa shape index (κ2) is 11.0. The first-order chi connectivity index (χ1) is 19.9. The average Bonchev–Trinajstić information content (AvgIpc) is 3.50. The van der Waals surface area contributed by atoms with Gasteiger partial charge in [0.2, 0.25) is 5.92 Å². The van der Waals surface area contributed by atoms with E-state index in [4.69, 9.17) is 26.1 Å². The molecular formula is C30H33ClF2N6O2Si. The van der Waals surface area contributed by atoms with Gasteiger partial charge in [0, 0.05) is 51.9 Å². The Morgan fingerprint density at radius 1 is 1.07 bits per heavy atom. The second-order valence-electron chi connectivity index (χ2n) is 12.3. The summed E-state index contributed by atoms with van der Waals surface area (Å²) in [5.74, 6) is -0.691. The van der Waals surface area contributed by atoms with Crippen LogP contribution in [0.15, 0.2) is 48.9 Å². The Kier molecular flexibility index (Phi) is 7.53. The molecule has 0 atom stereocenters. The molecule has 0 radical (unpaired) electrons. The molecule has 3 aromatic heterocycles. The third-order valence-electron chi connectivity index (χ3n) is 7.52. The molecule has 0 bridgehead atoms. The number of hydrogen-bond acceptors (Lipinski definition) is 6. The van der Waals surface area contributed by atoms with Gasteiger partial charge in [-0.2, -0.15) is 5.10 Å². The van der Waals surface area contributed by atoms with Crippen LogP contribution in [0.25, 0.3) is 33.3 Å². The molecule has 0 amide bonds. The van der Waals surface area contributed by atoms with Gasteiger partial charge in [0.15, 0.2) is 0 Å². The zero-order valence-corrected chi connectivity index (χ0v) is 25.8. The Morgan fingerprint density at radius 2 is 1.86 bits per heavy atom. The Balaban J connectivity index is 1.21. The molecule has 3 heterocycles. The lowest BCUT2D eigenvalue weighted by atomic mass is 9.81. The number of aromatic nitrogens is 6. The summed E-state index contributed by atoms with van der Waals surface area (Å²) in [6, 6.07) is 10.4. The molecule has 5 aromatic rings. The third-order valence-corrected chi connectivity index (χ3v) is 9.59. The van der Waals surface area contributed by atoms with Crippen LogP contribution >= 0.6 is 11.6 Å². The highest BCUT2D eigenvalue weighted by Gasteiger charge is 2.45. The van der Waals surface area contributed by atoms with Crippen LogP contribution in [0.5, 0.6) is 11.5 Å². The monoisotopic (exact) mass is 610 g/mol. The second-order valence-corrected chi connectivity index (χ2v) is 18.3. The van der Waals surface area contributed by atoms with Crippen molar-refractivity contribution in [2.45, 2.75) is 64.6 Å². The number of halogens is 3. The molecule has 2 aromatic carbocycles. The van der Waals surface area contributed by atoms with Gasteiger partial charge in [-0.25, -0.2) is 18.7 Å². The van der Waals surface area contributed by atoms with Crippen molar-refractivity contribution < 1.29 is 18.3 Å². The van der Waals surface area contributed by atoms with Crippen molar-refractivity contribution >= 4 is 41.7 Å². The van der Waals surface area contributed by atoms with Gasteiger partial charge in [-0.3, -0.25) is 9.67 Å². The van der Waals surface area contributed by atoms with E-state index in [2.05, 4.69) is 34.7 Å². The first-order valence-corrected chi connectivity index (χ1v) is 18.1. The molecule has 12 heteroatoms. The molecule has 8 nitrogen and oxygen atoms in total. The minimum absolute atomic E-state index is 0.0751. The Hall–Kier alpha value is -3.41. The average molecular weight is 611 g/mol. The van der Waals surface area contributed by atoms with Crippen molar-refractivity contribution in [1.29, 1.82) is 0 Å². The van der Waals surface area contributed by atoms with Gasteiger partial charge in [-0.05, 0) is 43.2 Å². The largest absolute Gasteiger partial charge is 0.456 e. The molecule has 1 saturated carbocycles. The van der Waals surface area contributed by atoms with Gasteiger partial charge >= 0.3 is 0 Å². The standard InChI is InChI=1S/C30H33ClF2N6O2Si/c1-19-36-23-6-5-22(11-26(23)39(19)18-40-9-10-42(2,3)4)41-27-8-7-24-29(28(27)31)37-25(15-34-24)21-14-35-38(17-21)16-20-12-30(32,33)13-20/h5-8,11,14-15,17,20H,9-10,12-13,16,18H2,1-4H3. The van der Waals surface area contributed by atoms with Gasteiger partial charge in [0.1, 0.15) is 34.6 Å². The number of alkyl halides is 2. The van der Waals surface area contributed by atoms with Crippen LogP contribution in [0.3, 0.4) is 0 Å². The van der Waals surface area contributed by atoms with Crippen LogP contribution < -0.4 is 4.74 Å². The lowest BCUT2D eigenvalue weighted by Gasteiger charge is -2.34. The number of aryl methyl sites for hydroxylation is 1. The fraction of sp³-hybridized carbons (Fsp3) is 0.400. The van der Waals surface area contributed by atoms with E-state index in [0.29, 0.717) is 46.5 Å². The van der Waals surface area contributed by atoms with Crippen LogP contribution in [0.2, 0.25) is 30.7 Å². The number of nitrogens with zero attached hydrogens (tertiary/aromatic N) is 6. The van der Waals surface area contributed by atoms with E-state index in [1.165, 1.54) is 0 Å². The van der Waals surface area contributed by atoms with Crippen LogP contribution in [-0.2, 0) is 18.0 Å². The molecule has 220 valence electrons. The number of hydrogen-bond donors (Lipinski definition) is 0. The summed E-state index contributed by atoms with van der Waals surface area (Å²) in [6.45, 7) is 10.6.